The van der Waals surface area contributed by atoms with Crippen molar-refractivity contribution in [3.05, 3.63) is 299 Å². The summed E-state index contributed by atoms with van der Waals surface area (Å²) in [6.45, 7) is 0. The minimum absolute atomic E-state index is 0.0542. The van der Waals surface area contributed by atoms with Crippen molar-refractivity contribution in [3.8, 4) is 11.1 Å². The molecule has 16 heteroatoms. The fraction of sp³-hybridized carbons (Fsp3) is 0.0147. The summed E-state index contributed by atoms with van der Waals surface area (Å²) in [5.41, 5.74) is 6.48. The smallest absolute Gasteiger partial charge is 0.255 e. The Labute approximate surface area is 482 Å². The van der Waals surface area contributed by atoms with Gasteiger partial charge in [-0.05, 0) is 181 Å². The fourth-order valence-electron chi connectivity index (χ4n) is 8.76. The molecule has 0 aliphatic rings. The van der Waals surface area contributed by atoms with Gasteiger partial charge in [-0.25, -0.2) is 0 Å². The lowest BCUT2D eigenvalue weighted by Gasteiger charge is -2.16. The van der Waals surface area contributed by atoms with E-state index < -0.39 is 29.9 Å². The first-order valence-corrected chi connectivity index (χ1v) is 26.4. The van der Waals surface area contributed by atoms with Crippen molar-refractivity contribution in [2.45, 2.75) is 6.23 Å². The number of hydrogen-bond acceptors (Lipinski definition) is 9. The Morgan fingerprint density at radius 3 is 0.857 bits per heavy atom. The van der Waals surface area contributed by atoms with Crippen molar-refractivity contribution in [2.24, 2.45) is 0 Å². The van der Waals surface area contributed by atoms with Crippen molar-refractivity contribution in [2.75, 3.05) is 42.5 Å². The quantitative estimate of drug-likeness (QED) is 0.0371. The summed E-state index contributed by atoms with van der Waals surface area (Å²) in [6.07, 6.45) is -1.07. The van der Waals surface area contributed by atoms with Gasteiger partial charge < -0.3 is 47.6 Å². The van der Waals surface area contributed by atoms with Crippen LogP contribution in [0.3, 0.4) is 0 Å². The molecule has 10 aromatic rings. The summed E-state index contributed by atoms with van der Waals surface area (Å²) in [4.78, 5) is 95.6. The van der Waals surface area contributed by atoms with Gasteiger partial charge in [0, 0.05) is 90.0 Å². The third-order valence-corrected chi connectivity index (χ3v) is 13.1. The van der Waals surface area contributed by atoms with Crippen LogP contribution in [0.15, 0.2) is 255 Å². The highest BCUT2D eigenvalue weighted by Gasteiger charge is 2.19. The van der Waals surface area contributed by atoms with Crippen molar-refractivity contribution >= 4 is 86.8 Å². The molecule has 16 nitrogen and oxygen atoms in total. The maximum atomic E-state index is 14.4. The summed E-state index contributed by atoms with van der Waals surface area (Å²) in [7, 11) is 0. The van der Waals surface area contributed by atoms with Crippen LogP contribution in [0.4, 0.5) is 45.5 Å². The van der Waals surface area contributed by atoms with Gasteiger partial charge in [0.25, 0.3) is 41.4 Å². The lowest BCUT2D eigenvalue weighted by molar-refractivity contribution is 0.101. The lowest BCUT2D eigenvalue weighted by atomic mass is 9.97. The van der Waals surface area contributed by atoms with Crippen LogP contribution in [0, 0.1) is 0 Å². The van der Waals surface area contributed by atoms with Gasteiger partial charge in [0.2, 0.25) is 0 Å². The fourth-order valence-corrected chi connectivity index (χ4v) is 8.76. The molecule has 9 N–H and O–H groups in total. The average molecular weight is 1110 g/mol. The summed E-state index contributed by atoms with van der Waals surface area (Å²) in [5.74, 6) is -3.28. The van der Waals surface area contributed by atoms with Crippen LogP contribution in [-0.4, -0.2) is 46.5 Å². The lowest BCUT2D eigenvalue weighted by Crippen LogP contribution is -2.17. The van der Waals surface area contributed by atoms with Crippen LogP contribution in [0.5, 0.6) is 0 Å². The number of carbonyl (C=O) groups is 7. The highest BCUT2D eigenvalue weighted by atomic mass is 16.3. The third-order valence-electron chi connectivity index (χ3n) is 13.1. The predicted octanol–water partition coefficient (Wildman–Crippen LogP) is 13.2. The SMILES string of the molecule is O=C(Nc1ccc(NC(=O)c2cc(C(=O)Nc3ccc(NC(=O)c4ccccc4)cc3)cc(-c3cc(NC(=O)c4ccc(C(=O)Nc5ccccc5)cc4)cc(NC(=O)c4ccc(C(O)Nc5ccccc5)cc4)c3)c2)cc1)c1ccccc1. The van der Waals surface area contributed by atoms with Crippen LogP contribution in [0.1, 0.15) is 84.3 Å². The minimum Gasteiger partial charge on any atom is -0.369 e. The molecular weight excluding hydrogens is 1060 g/mol. The molecule has 0 saturated carbocycles. The first-order valence-electron chi connectivity index (χ1n) is 26.4. The minimum atomic E-state index is -1.07. The van der Waals surface area contributed by atoms with E-state index in [1.165, 1.54) is 30.3 Å². The molecule has 10 aromatic carbocycles. The molecule has 10 rings (SSSR count). The molecule has 0 aromatic heterocycles. The summed E-state index contributed by atoms with van der Waals surface area (Å²) < 4.78 is 0. The van der Waals surface area contributed by atoms with Crippen molar-refractivity contribution in [1.29, 1.82) is 0 Å². The highest BCUT2D eigenvalue weighted by Crippen LogP contribution is 2.32. The van der Waals surface area contributed by atoms with Crippen molar-refractivity contribution in [1.82, 2.24) is 0 Å². The number of carbonyl (C=O) groups excluding carboxylic acids is 7. The van der Waals surface area contributed by atoms with E-state index in [4.69, 9.17) is 0 Å². The number of amides is 7. The zero-order valence-corrected chi connectivity index (χ0v) is 44.6. The number of benzene rings is 10. The number of para-hydroxylation sites is 2. The Bertz CT molecular complexity index is 3890. The molecule has 0 radical (unpaired) electrons. The monoisotopic (exact) mass is 1110 g/mol. The summed E-state index contributed by atoms with van der Waals surface area (Å²) in [5, 5.41) is 34.0. The normalized spacial score (nSPS) is 11.0. The van der Waals surface area contributed by atoms with E-state index in [1.54, 1.807) is 176 Å². The second-order valence-corrected chi connectivity index (χ2v) is 19.1. The van der Waals surface area contributed by atoms with Gasteiger partial charge in [0.1, 0.15) is 0 Å². The molecule has 0 heterocycles. The van der Waals surface area contributed by atoms with E-state index in [2.05, 4.69) is 42.5 Å². The van der Waals surface area contributed by atoms with Crippen molar-refractivity contribution < 1.29 is 38.7 Å². The zero-order chi connectivity index (χ0) is 58.4. The van der Waals surface area contributed by atoms with Crippen LogP contribution < -0.4 is 42.5 Å². The summed E-state index contributed by atoms with van der Waals surface area (Å²) in [6, 6.07) is 70.3. The first-order chi connectivity index (χ1) is 40.8. The molecule has 1 atom stereocenters. The molecule has 412 valence electrons. The number of hydrogen-bond donors (Lipinski definition) is 9. The van der Waals surface area contributed by atoms with Gasteiger partial charge in [0.15, 0.2) is 6.23 Å². The van der Waals surface area contributed by atoms with Gasteiger partial charge in [-0.2, -0.15) is 0 Å². The molecule has 0 fully saturated rings. The average Bonchev–Trinajstić information content (AvgIpc) is 3.68. The second-order valence-electron chi connectivity index (χ2n) is 19.1. The Hall–Kier alpha value is -11.8. The van der Waals surface area contributed by atoms with E-state index in [1.807, 2.05) is 48.5 Å². The van der Waals surface area contributed by atoms with Crippen LogP contribution in [0.25, 0.3) is 11.1 Å². The van der Waals surface area contributed by atoms with Crippen LogP contribution >= 0.6 is 0 Å². The van der Waals surface area contributed by atoms with E-state index in [-0.39, 0.29) is 51.4 Å². The molecule has 0 saturated heterocycles. The van der Waals surface area contributed by atoms with Gasteiger partial charge >= 0.3 is 0 Å². The van der Waals surface area contributed by atoms with E-state index >= 15 is 0 Å². The number of rotatable bonds is 18. The van der Waals surface area contributed by atoms with Gasteiger partial charge in [-0.15, -0.1) is 0 Å². The Morgan fingerprint density at radius 2 is 0.500 bits per heavy atom. The van der Waals surface area contributed by atoms with E-state index in [0.29, 0.717) is 67.5 Å². The topological polar surface area (TPSA) is 236 Å². The van der Waals surface area contributed by atoms with Crippen molar-refractivity contribution in [3.63, 3.8) is 0 Å². The Kier molecular flexibility index (Phi) is 17.2. The second kappa shape index (κ2) is 26.0. The van der Waals surface area contributed by atoms with E-state index in [0.717, 1.165) is 0 Å². The molecule has 0 bridgehead atoms. The largest absolute Gasteiger partial charge is 0.369 e. The molecule has 0 aliphatic carbocycles. The van der Waals surface area contributed by atoms with Gasteiger partial charge in [-0.1, -0.05) is 84.9 Å². The number of nitrogens with one attached hydrogen (secondary N) is 8. The molecule has 0 aliphatic heterocycles. The Morgan fingerprint density at radius 1 is 0.238 bits per heavy atom. The Balaban J connectivity index is 0.955. The summed E-state index contributed by atoms with van der Waals surface area (Å²) >= 11 is 0. The molecular formula is C68H52N8O8. The molecule has 7 amide bonds. The predicted molar refractivity (Wildman–Crippen MR) is 328 cm³/mol. The number of aliphatic hydroxyl groups excluding tert-OH is 1. The highest BCUT2D eigenvalue weighted by molar-refractivity contribution is 6.12. The van der Waals surface area contributed by atoms with E-state index in [9.17, 15) is 38.7 Å². The van der Waals surface area contributed by atoms with Crippen LogP contribution in [-0.2, 0) is 0 Å². The number of aliphatic hydroxyl groups is 1. The third kappa shape index (κ3) is 14.5. The van der Waals surface area contributed by atoms with Gasteiger partial charge in [-0.3, -0.25) is 33.6 Å². The molecule has 84 heavy (non-hydrogen) atoms. The molecule has 0 spiro atoms. The number of anilines is 8. The molecule has 1 unspecified atom stereocenters. The van der Waals surface area contributed by atoms with Crippen LogP contribution in [0.2, 0.25) is 0 Å². The zero-order valence-electron chi connectivity index (χ0n) is 44.6. The first kappa shape index (κ1) is 55.6. The van der Waals surface area contributed by atoms with Gasteiger partial charge in [0.05, 0.1) is 0 Å². The maximum absolute atomic E-state index is 14.4. The standard InChI is InChI=1S/C68H52N8O8/c77-61(43-13-5-1-6-14-43)71-55-29-33-57(34-30-55)73-67(83)51-37-49(38-52(39-51)68(84)74-58-35-31-56(32-36-58)72-62(78)44-15-7-2-8-16-44)50-40-59(75-65(81)47-25-21-45(22-26-47)63(79)69-53-17-9-3-10-18-53)42-60(41-50)76-66(82)48-27-23-46(24-28-48)64(80)70-54-19-11-4-12-20-54/h1-42,63,69,79H,(H,70,80)(H,71,77)(H,72,78)(H,73,83)(H,74,84)(H,75,81)(H,76,82). The maximum Gasteiger partial charge on any atom is 0.255 e.